The zero-order valence-electron chi connectivity index (χ0n) is 9.54. The second-order valence-electron chi connectivity index (χ2n) is 4.05. The molecule has 2 N–H and O–H groups in total. The van der Waals surface area contributed by atoms with Gasteiger partial charge < -0.3 is 10.3 Å². The smallest absolute Gasteiger partial charge is 0.104 e. The lowest BCUT2D eigenvalue weighted by Crippen LogP contribution is -2.08. The van der Waals surface area contributed by atoms with Crippen molar-refractivity contribution in [3.8, 4) is 0 Å². The van der Waals surface area contributed by atoms with E-state index in [-0.39, 0.29) is 0 Å². The van der Waals surface area contributed by atoms with Gasteiger partial charge in [-0.05, 0) is 24.3 Å². The molecule has 3 nitrogen and oxygen atoms in total. The molecule has 2 aromatic heterocycles. The van der Waals surface area contributed by atoms with Crippen molar-refractivity contribution >= 4 is 39.4 Å². The van der Waals surface area contributed by atoms with Crippen LogP contribution in [0, 0.1) is 0 Å². The van der Waals surface area contributed by atoms with E-state index in [4.69, 9.17) is 18.0 Å². The van der Waals surface area contributed by atoms with E-state index in [2.05, 4.69) is 27.9 Å². The normalized spacial score (nSPS) is 10.9. The third-order valence-electron chi connectivity index (χ3n) is 2.87. The number of aromatic nitrogens is 2. The molecule has 1 aromatic carbocycles. The summed E-state index contributed by atoms with van der Waals surface area (Å²) in [5.74, 6) is 0. The fraction of sp³-hybridized carbons (Fsp3) is 0.0769. The maximum atomic E-state index is 5.64. The molecule has 0 radical (unpaired) electrons. The summed E-state index contributed by atoms with van der Waals surface area (Å²) in [5.41, 5.74) is 9.59. The van der Waals surface area contributed by atoms with Crippen LogP contribution in [0.3, 0.4) is 0 Å². The number of hydrogen-bond donors (Lipinski definition) is 1. The lowest BCUT2D eigenvalue weighted by Gasteiger charge is -2.04. The second kappa shape index (κ2) is 4.51. The van der Waals surface area contributed by atoms with Crippen molar-refractivity contribution in [2.75, 3.05) is 0 Å². The van der Waals surface area contributed by atoms with E-state index in [1.165, 1.54) is 10.4 Å². The van der Waals surface area contributed by atoms with Gasteiger partial charge in [-0.1, -0.05) is 12.2 Å². The Bertz CT molecular complexity index is 698. The van der Waals surface area contributed by atoms with Crippen LogP contribution in [0.15, 0.2) is 42.2 Å². The zero-order chi connectivity index (χ0) is 12.5. The van der Waals surface area contributed by atoms with E-state index in [0.717, 1.165) is 17.5 Å². The highest BCUT2D eigenvalue weighted by Crippen LogP contribution is 2.20. The van der Waals surface area contributed by atoms with Gasteiger partial charge in [0, 0.05) is 33.7 Å². The number of fused-ring (bicyclic) bond motifs is 1. The van der Waals surface area contributed by atoms with Crippen LogP contribution in [-0.2, 0) is 6.54 Å². The third kappa shape index (κ3) is 2.02. The SMILES string of the molecule is NC(=S)c1ccc2c(ccn2Cc2cncs2)c1. The van der Waals surface area contributed by atoms with Crippen LogP contribution in [0.25, 0.3) is 10.9 Å². The first-order valence-corrected chi connectivity index (χ1v) is 6.79. The Balaban J connectivity index is 2.02. The molecular formula is C13H11N3S2. The van der Waals surface area contributed by atoms with Crippen molar-refractivity contribution < 1.29 is 0 Å². The van der Waals surface area contributed by atoms with Crippen LogP contribution in [0.1, 0.15) is 10.4 Å². The molecule has 0 spiro atoms. The van der Waals surface area contributed by atoms with Crippen molar-refractivity contribution in [2.24, 2.45) is 5.73 Å². The summed E-state index contributed by atoms with van der Waals surface area (Å²) < 4.78 is 2.20. The summed E-state index contributed by atoms with van der Waals surface area (Å²) in [6, 6.07) is 8.14. The Kier molecular flexibility index (Phi) is 2.85. The molecule has 2 heterocycles. The number of thiazole rings is 1. The Morgan fingerprint density at radius 3 is 3.00 bits per heavy atom. The van der Waals surface area contributed by atoms with E-state index in [1.54, 1.807) is 11.3 Å². The van der Waals surface area contributed by atoms with E-state index in [0.29, 0.717) is 4.99 Å². The summed E-state index contributed by atoms with van der Waals surface area (Å²) in [6.45, 7) is 0.848. The number of rotatable bonds is 3. The highest BCUT2D eigenvalue weighted by atomic mass is 32.1. The van der Waals surface area contributed by atoms with Gasteiger partial charge in [-0.2, -0.15) is 0 Å². The van der Waals surface area contributed by atoms with Crippen LogP contribution in [0.4, 0.5) is 0 Å². The zero-order valence-corrected chi connectivity index (χ0v) is 11.2. The number of nitrogens with two attached hydrogens (primary N) is 1. The standard InChI is InChI=1S/C13H11N3S2/c14-13(17)10-1-2-12-9(5-10)3-4-16(12)7-11-6-15-8-18-11/h1-6,8H,7H2,(H2,14,17). The summed E-state index contributed by atoms with van der Waals surface area (Å²) >= 11 is 6.65. The summed E-state index contributed by atoms with van der Waals surface area (Å²) in [4.78, 5) is 5.77. The largest absolute Gasteiger partial charge is 0.389 e. The van der Waals surface area contributed by atoms with Gasteiger partial charge in [0.15, 0.2) is 0 Å². The lowest BCUT2D eigenvalue weighted by atomic mass is 10.1. The van der Waals surface area contributed by atoms with Crippen LogP contribution in [0.2, 0.25) is 0 Å². The molecule has 0 saturated heterocycles. The van der Waals surface area contributed by atoms with Crippen molar-refractivity contribution in [1.29, 1.82) is 0 Å². The number of hydrogen-bond acceptors (Lipinski definition) is 3. The maximum absolute atomic E-state index is 5.64. The van der Waals surface area contributed by atoms with Gasteiger partial charge in [0.05, 0.1) is 12.1 Å². The molecule has 0 fully saturated rings. The minimum absolute atomic E-state index is 0.437. The first kappa shape index (κ1) is 11.4. The van der Waals surface area contributed by atoms with Gasteiger partial charge in [-0.25, -0.2) is 0 Å². The van der Waals surface area contributed by atoms with Gasteiger partial charge in [0.25, 0.3) is 0 Å². The Hall–Kier alpha value is -1.72. The van der Waals surface area contributed by atoms with E-state index in [1.807, 2.05) is 23.8 Å². The van der Waals surface area contributed by atoms with E-state index < -0.39 is 0 Å². The minimum atomic E-state index is 0.437. The Morgan fingerprint density at radius 1 is 1.39 bits per heavy atom. The van der Waals surface area contributed by atoms with Gasteiger partial charge in [0.1, 0.15) is 4.99 Å². The predicted molar refractivity (Wildman–Crippen MR) is 79.0 cm³/mol. The molecule has 5 heteroatoms. The molecule has 3 aromatic rings. The number of thiocarbonyl (C=S) groups is 1. The van der Waals surface area contributed by atoms with Crippen LogP contribution < -0.4 is 5.73 Å². The molecular weight excluding hydrogens is 262 g/mol. The van der Waals surface area contributed by atoms with Gasteiger partial charge in [-0.15, -0.1) is 11.3 Å². The van der Waals surface area contributed by atoms with Gasteiger partial charge in [0.2, 0.25) is 0 Å². The maximum Gasteiger partial charge on any atom is 0.104 e. The van der Waals surface area contributed by atoms with Crippen molar-refractivity contribution in [2.45, 2.75) is 6.54 Å². The highest BCUT2D eigenvalue weighted by Gasteiger charge is 2.04. The molecule has 0 bridgehead atoms. The molecule has 0 saturated carbocycles. The molecule has 0 unspecified atom stereocenters. The lowest BCUT2D eigenvalue weighted by molar-refractivity contribution is 0.849. The second-order valence-corrected chi connectivity index (χ2v) is 5.46. The fourth-order valence-electron chi connectivity index (χ4n) is 1.98. The topological polar surface area (TPSA) is 43.8 Å². The monoisotopic (exact) mass is 273 g/mol. The molecule has 0 aliphatic carbocycles. The number of nitrogens with zero attached hydrogens (tertiary/aromatic N) is 2. The fourth-order valence-corrected chi connectivity index (χ4v) is 2.70. The van der Waals surface area contributed by atoms with E-state index >= 15 is 0 Å². The van der Waals surface area contributed by atoms with Crippen LogP contribution >= 0.6 is 23.6 Å². The first-order valence-electron chi connectivity index (χ1n) is 5.50. The average molecular weight is 273 g/mol. The van der Waals surface area contributed by atoms with Crippen molar-refractivity contribution in [3.63, 3.8) is 0 Å². The molecule has 0 aliphatic rings. The number of benzene rings is 1. The summed E-state index contributed by atoms with van der Waals surface area (Å²) in [7, 11) is 0. The molecule has 0 aliphatic heterocycles. The van der Waals surface area contributed by atoms with Gasteiger partial charge >= 0.3 is 0 Å². The molecule has 90 valence electrons. The molecule has 0 amide bonds. The first-order chi connectivity index (χ1) is 8.74. The van der Waals surface area contributed by atoms with Crippen molar-refractivity contribution in [1.82, 2.24) is 9.55 Å². The quantitative estimate of drug-likeness (QED) is 0.746. The van der Waals surface area contributed by atoms with Crippen molar-refractivity contribution in [3.05, 3.63) is 52.6 Å². The van der Waals surface area contributed by atoms with Gasteiger partial charge in [-0.3, -0.25) is 4.98 Å². The summed E-state index contributed by atoms with van der Waals surface area (Å²) in [6.07, 6.45) is 3.98. The Morgan fingerprint density at radius 2 is 2.28 bits per heavy atom. The predicted octanol–water partition coefficient (Wildman–Crippen LogP) is 2.78. The Labute approximate surface area is 114 Å². The summed E-state index contributed by atoms with van der Waals surface area (Å²) in [5, 5.41) is 1.16. The van der Waals surface area contributed by atoms with E-state index in [9.17, 15) is 0 Å². The molecule has 3 rings (SSSR count). The third-order valence-corrected chi connectivity index (χ3v) is 3.87. The van der Waals surface area contributed by atoms with Crippen LogP contribution in [0.5, 0.6) is 0 Å². The molecule has 0 atom stereocenters. The molecule has 18 heavy (non-hydrogen) atoms. The average Bonchev–Trinajstić information content (AvgIpc) is 2.99. The minimum Gasteiger partial charge on any atom is -0.389 e. The highest BCUT2D eigenvalue weighted by molar-refractivity contribution is 7.80. The van der Waals surface area contributed by atoms with Crippen LogP contribution in [-0.4, -0.2) is 14.5 Å².